The van der Waals surface area contributed by atoms with Crippen molar-refractivity contribution < 1.29 is 5.11 Å². The van der Waals surface area contributed by atoms with Gasteiger partial charge in [0.1, 0.15) is 5.54 Å². The SMILES string of the molecule is CC(O)C(C)SCC(N)(C#N)C1CC1. The van der Waals surface area contributed by atoms with Crippen molar-refractivity contribution in [2.45, 2.75) is 43.6 Å². The highest BCUT2D eigenvalue weighted by Gasteiger charge is 2.42. The molecule has 80 valence electrons. The lowest BCUT2D eigenvalue weighted by Crippen LogP contribution is -2.44. The highest BCUT2D eigenvalue weighted by atomic mass is 32.2. The Kier molecular flexibility index (Phi) is 3.82. The van der Waals surface area contributed by atoms with Crippen LogP contribution in [0.5, 0.6) is 0 Å². The van der Waals surface area contributed by atoms with E-state index in [9.17, 15) is 5.11 Å². The van der Waals surface area contributed by atoms with Gasteiger partial charge in [0, 0.05) is 11.0 Å². The molecule has 3 atom stereocenters. The Balaban J connectivity index is 2.38. The van der Waals surface area contributed by atoms with Crippen molar-refractivity contribution in [3.05, 3.63) is 0 Å². The molecule has 0 aromatic carbocycles. The van der Waals surface area contributed by atoms with Gasteiger partial charge in [-0.25, -0.2) is 0 Å². The number of nitriles is 1. The molecule has 3 N–H and O–H groups in total. The first-order chi connectivity index (χ1) is 6.49. The first-order valence-electron chi connectivity index (χ1n) is 4.99. The van der Waals surface area contributed by atoms with E-state index in [2.05, 4.69) is 6.07 Å². The van der Waals surface area contributed by atoms with Crippen LogP contribution in [0.1, 0.15) is 26.7 Å². The van der Waals surface area contributed by atoms with Crippen LogP contribution in [0, 0.1) is 17.2 Å². The van der Waals surface area contributed by atoms with Crippen LogP contribution >= 0.6 is 11.8 Å². The Bertz CT molecular complexity index is 235. The Labute approximate surface area is 89.7 Å². The quantitative estimate of drug-likeness (QED) is 0.719. The van der Waals surface area contributed by atoms with Gasteiger partial charge >= 0.3 is 0 Å². The largest absolute Gasteiger partial charge is 0.392 e. The number of hydrogen-bond donors (Lipinski definition) is 2. The fourth-order valence-corrected chi connectivity index (χ4v) is 2.37. The Morgan fingerprint density at radius 3 is 2.57 bits per heavy atom. The van der Waals surface area contributed by atoms with Crippen LogP contribution in [0.25, 0.3) is 0 Å². The number of aliphatic hydroxyl groups excluding tert-OH is 1. The van der Waals surface area contributed by atoms with Crippen molar-refractivity contribution in [1.82, 2.24) is 0 Å². The van der Waals surface area contributed by atoms with Crippen LogP contribution in [0.15, 0.2) is 0 Å². The Hall–Kier alpha value is -0.240. The van der Waals surface area contributed by atoms with Crippen LogP contribution < -0.4 is 5.73 Å². The number of nitrogens with two attached hydrogens (primary N) is 1. The van der Waals surface area contributed by atoms with Crippen molar-refractivity contribution in [3.8, 4) is 6.07 Å². The zero-order valence-corrected chi connectivity index (χ0v) is 9.55. The minimum absolute atomic E-state index is 0.144. The van der Waals surface area contributed by atoms with Gasteiger partial charge in [0.25, 0.3) is 0 Å². The molecule has 0 spiro atoms. The lowest BCUT2D eigenvalue weighted by Gasteiger charge is -2.23. The van der Waals surface area contributed by atoms with Crippen molar-refractivity contribution in [1.29, 1.82) is 5.26 Å². The van der Waals surface area contributed by atoms with E-state index in [1.165, 1.54) is 0 Å². The third-order valence-corrected chi connectivity index (χ3v) is 4.34. The third-order valence-electron chi connectivity index (χ3n) is 2.78. The topological polar surface area (TPSA) is 70.0 Å². The molecule has 0 amide bonds. The van der Waals surface area contributed by atoms with Gasteiger partial charge in [0.15, 0.2) is 0 Å². The summed E-state index contributed by atoms with van der Waals surface area (Å²) in [7, 11) is 0. The average molecular weight is 214 g/mol. The van der Waals surface area contributed by atoms with Gasteiger partial charge in [-0.2, -0.15) is 17.0 Å². The molecule has 1 rings (SSSR count). The average Bonchev–Trinajstić information content (AvgIpc) is 2.96. The molecular formula is C10H18N2OS. The van der Waals surface area contributed by atoms with Gasteiger partial charge < -0.3 is 10.8 Å². The summed E-state index contributed by atoms with van der Waals surface area (Å²) in [5, 5.41) is 18.4. The fraction of sp³-hybridized carbons (Fsp3) is 0.900. The van der Waals surface area contributed by atoms with E-state index >= 15 is 0 Å². The lowest BCUT2D eigenvalue weighted by molar-refractivity contribution is 0.196. The van der Waals surface area contributed by atoms with Crippen molar-refractivity contribution >= 4 is 11.8 Å². The molecular weight excluding hydrogens is 196 g/mol. The Morgan fingerprint density at radius 1 is 1.64 bits per heavy atom. The van der Waals surface area contributed by atoms with E-state index in [-0.39, 0.29) is 11.4 Å². The second-order valence-corrected chi connectivity index (χ2v) is 5.55. The highest BCUT2D eigenvalue weighted by Crippen LogP contribution is 2.40. The van der Waals surface area contributed by atoms with E-state index in [0.717, 1.165) is 12.8 Å². The molecule has 0 bridgehead atoms. The second-order valence-electron chi connectivity index (χ2n) is 4.18. The zero-order chi connectivity index (χ0) is 10.8. The van der Waals surface area contributed by atoms with E-state index in [0.29, 0.717) is 11.7 Å². The van der Waals surface area contributed by atoms with Gasteiger partial charge in [-0.3, -0.25) is 0 Å². The monoisotopic (exact) mass is 214 g/mol. The van der Waals surface area contributed by atoms with Gasteiger partial charge in [0.05, 0.1) is 12.2 Å². The molecule has 0 aromatic heterocycles. The molecule has 1 saturated carbocycles. The van der Waals surface area contributed by atoms with Gasteiger partial charge in [0.2, 0.25) is 0 Å². The minimum atomic E-state index is -0.673. The summed E-state index contributed by atoms with van der Waals surface area (Å²) in [5.41, 5.74) is 5.31. The second kappa shape index (κ2) is 4.52. The van der Waals surface area contributed by atoms with Crippen LogP contribution in [-0.2, 0) is 0 Å². The van der Waals surface area contributed by atoms with Crippen molar-refractivity contribution in [2.24, 2.45) is 11.7 Å². The summed E-state index contributed by atoms with van der Waals surface area (Å²) in [6.07, 6.45) is 1.81. The van der Waals surface area contributed by atoms with Crippen molar-refractivity contribution in [2.75, 3.05) is 5.75 Å². The van der Waals surface area contributed by atoms with Crippen LogP contribution in [0.3, 0.4) is 0 Å². The standard InChI is InChI=1S/C10H18N2OS/c1-7(13)8(2)14-6-10(12,5-11)9-3-4-9/h7-9,13H,3-4,6,12H2,1-2H3. The molecule has 14 heavy (non-hydrogen) atoms. The van der Waals surface area contributed by atoms with E-state index in [1.807, 2.05) is 6.92 Å². The molecule has 0 aromatic rings. The van der Waals surface area contributed by atoms with E-state index in [1.54, 1.807) is 18.7 Å². The predicted octanol–water partition coefficient (Wildman–Crippen LogP) is 1.12. The number of thioether (sulfide) groups is 1. The van der Waals surface area contributed by atoms with Crippen LogP contribution in [-0.4, -0.2) is 27.8 Å². The summed E-state index contributed by atoms with van der Waals surface area (Å²) in [4.78, 5) is 0. The molecule has 4 heteroatoms. The first kappa shape index (κ1) is 11.8. The smallest absolute Gasteiger partial charge is 0.116 e. The summed E-state index contributed by atoms with van der Waals surface area (Å²) in [6, 6.07) is 2.21. The van der Waals surface area contributed by atoms with E-state index < -0.39 is 5.54 Å². The van der Waals surface area contributed by atoms with Gasteiger partial charge in [-0.15, -0.1) is 0 Å². The molecule has 3 nitrogen and oxygen atoms in total. The molecule has 0 saturated heterocycles. The molecule has 1 aliphatic rings. The van der Waals surface area contributed by atoms with E-state index in [4.69, 9.17) is 11.0 Å². The minimum Gasteiger partial charge on any atom is -0.392 e. The number of aliphatic hydroxyl groups is 1. The summed E-state index contributed by atoms with van der Waals surface area (Å²) >= 11 is 1.59. The maximum Gasteiger partial charge on any atom is 0.116 e. The molecule has 0 aliphatic heterocycles. The van der Waals surface area contributed by atoms with Gasteiger partial charge in [-0.1, -0.05) is 6.92 Å². The maximum atomic E-state index is 9.30. The number of hydrogen-bond acceptors (Lipinski definition) is 4. The number of rotatable bonds is 5. The van der Waals surface area contributed by atoms with Gasteiger partial charge in [-0.05, 0) is 25.7 Å². The summed E-state index contributed by atoms with van der Waals surface area (Å²) in [6.45, 7) is 3.72. The zero-order valence-electron chi connectivity index (χ0n) is 8.73. The molecule has 0 radical (unpaired) electrons. The molecule has 1 fully saturated rings. The third kappa shape index (κ3) is 2.88. The Morgan fingerprint density at radius 2 is 2.21 bits per heavy atom. The first-order valence-corrected chi connectivity index (χ1v) is 6.04. The fourth-order valence-electron chi connectivity index (χ4n) is 1.25. The highest BCUT2D eigenvalue weighted by molar-refractivity contribution is 8.00. The summed E-state index contributed by atoms with van der Waals surface area (Å²) < 4.78 is 0. The van der Waals surface area contributed by atoms with Crippen molar-refractivity contribution in [3.63, 3.8) is 0 Å². The lowest BCUT2D eigenvalue weighted by atomic mass is 10.00. The number of nitrogens with zero attached hydrogens (tertiary/aromatic N) is 1. The molecule has 3 unspecified atom stereocenters. The molecule has 0 heterocycles. The predicted molar refractivity (Wildman–Crippen MR) is 58.9 cm³/mol. The molecule has 1 aliphatic carbocycles. The summed E-state index contributed by atoms with van der Waals surface area (Å²) in [5.74, 6) is 1.00. The van der Waals surface area contributed by atoms with Crippen LogP contribution in [0.4, 0.5) is 0 Å². The van der Waals surface area contributed by atoms with Crippen LogP contribution in [0.2, 0.25) is 0 Å². The maximum absolute atomic E-state index is 9.30. The normalized spacial score (nSPS) is 24.8.